The van der Waals surface area contributed by atoms with E-state index in [2.05, 4.69) is 9.71 Å². The normalized spacial score (nSPS) is 11.5. The molecule has 5 nitrogen and oxygen atoms in total. The van der Waals surface area contributed by atoms with E-state index < -0.39 is 10.0 Å². The summed E-state index contributed by atoms with van der Waals surface area (Å²) in [7, 11) is -1.94. The maximum Gasteiger partial charge on any atom is 0.240 e. The number of sulfonamides is 1. The van der Waals surface area contributed by atoms with E-state index in [0.717, 1.165) is 27.4 Å². The van der Waals surface area contributed by atoms with Crippen LogP contribution in [-0.4, -0.2) is 20.5 Å². The lowest BCUT2D eigenvalue weighted by atomic mass is 10.1. The molecule has 0 fully saturated rings. The Morgan fingerprint density at radius 2 is 1.81 bits per heavy atom. The predicted molar refractivity (Wildman–Crippen MR) is 104 cm³/mol. The topological polar surface area (TPSA) is 68.3 Å². The number of rotatable bonds is 6. The lowest BCUT2D eigenvalue weighted by Crippen LogP contribution is -2.23. The van der Waals surface area contributed by atoms with Crippen LogP contribution in [0, 0.1) is 13.8 Å². The molecule has 0 amide bonds. The van der Waals surface area contributed by atoms with Gasteiger partial charge in [0, 0.05) is 10.9 Å². The van der Waals surface area contributed by atoms with Crippen LogP contribution < -0.4 is 9.46 Å². The van der Waals surface area contributed by atoms with E-state index in [-0.39, 0.29) is 11.4 Å². The smallest absolute Gasteiger partial charge is 0.240 e. The molecule has 1 heterocycles. The fourth-order valence-corrected chi connectivity index (χ4v) is 4.30. The number of aromatic nitrogens is 1. The largest absolute Gasteiger partial charge is 0.497 e. The first-order chi connectivity index (χ1) is 12.4. The highest BCUT2D eigenvalue weighted by Crippen LogP contribution is 2.26. The van der Waals surface area contributed by atoms with Crippen molar-refractivity contribution in [1.82, 2.24) is 9.71 Å². The second-order valence-electron chi connectivity index (χ2n) is 5.94. The Balaban J connectivity index is 1.71. The summed E-state index contributed by atoms with van der Waals surface area (Å²) in [6, 6.07) is 12.7. The van der Waals surface area contributed by atoms with Gasteiger partial charge in [-0.2, -0.15) is 0 Å². The number of methoxy groups -OCH3 is 1. The van der Waals surface area contributed by atoms with Crippen molar-refractivity contribution in [2.75, 3.05) is 7.11 Å². The minimum atomic E-state index is -3.56. The molecule has 2 aromatic carbocycles. The number of benzene rings is 2. The zero-order valence-electron chi connectivity index (χ0n) is 14.8. The highest BCUT2D eigenvalue weighted by Gasteiger charge is 2.15. The fraction of sp³-hybridized carbons (Fsp3) is 0.211. The van der Waals surface area contributed by atoms with Crippen LogP contribution in [0.5, 0.6) is 5.75 Å². The van der Waals surface area contributed by atoms with Gasteiger partial charge in [0.1, 0.15) is 10.8 Å². The van der Waals surface area contributed by atoms with Crippen LogP contribution >= 0.6 is 11.3 Å². The number of thiazole rings is 1. The molecule has 0 atom stereocenters. The van der Waals surface area contributed by atoms with Crippen LogP contribution in [0.1, 0.15) is 16.8 Å². The monoisotopic (exact) mass is 388 g/mol. The molecule has 1 aromatic heterocycles. The molecular weight excluding hydrogens is 368 g/mol. The molecule has 26 heavy (non-hydrogen) atoms. The summed E-state index contributed by atoms with van der Waals surface area (Å²) in [5, 5.41) is 2.70. The van der Waals surface area contributed by atoms with Gasteiger partial charge in [0.2, 0.25) is 10.0 Å². The van der Waals surface area contributed by atoms with E-state index in [1.165, 1.54) is 11.3 Å². The predicted octanol–water partition coefficient (Wildman–Crippen LogP) is 3.91. The van der Waals surface area contributed by atoms with E-state index in [1.807, 2.05) is 49.6 Å². The Kier molecular flexibility index (Phi) is 5.41. The van der Waals surface area contributed by atoms with Crippen LogP contribution in [0.3, 0.4) is 0 Å². The van der Waals surface area contributed by atoms with Crippen molar-refractivity contribution in [3.63, 3.8) is 0 Å². The van der Waals surface area contributed by atoms with Crippen LogP contribution in [0.15, 0.2) is 52.7 Å². The van der Waals surface area contributed by atoms with Crippen molar-refractivity contribution in [1.29, 1.82) is 0 Å². The van der Waals surface area contributed by atoms with Crippen molar-refractivity contribution < 1.29 is 13.2 Å². The molecule has 136 valence electrons. The van der Waals surface area contributed by atoms with Gasteiger partial charge in [-0.25, -0.2) is 18.1 Å². The van der Waals surface area contributed by atoms with Crippen LogP contribution in [-0.2, 0) is 16.6 Å². The van der Waals surface area contributed by atoms with Crippen molar-refractivity contribution in [2.45, 2.75) is 25.3 Å². The van der Waals surface area contributed by atoms with Crippen molar-refractivity contribution >= 4 is 21.4 Å². The van der Waals surface area contributed by atoms with Gasteiger partial charge in [-0.1, -0.05) is 6.07 Å². The van der Waals surface area contributed by atoms with Crippen molar-refractivity contribution in [3.8, 4) is 16.3 Å². The van der Waals surface area contributed by atoms with Gasteiger partial charge in [-0.15, -0.1) is 11.3 Å². The highest BCUT2D eigenvalue weighted by molar-refractivity contribution is 7.89. The summed E-state index contributed by atoms with van der Waals surface area (Å²) in [5.41, 5.74) is 3.67. The summed E-state index contributed by atoms with van der Waals surface area (Å²) >= 11 is 1.48. The van der Waals surface area contributed by atoms with Gasteiger partial charge in [-0.05, 0) is 61.4 Å². The third kappa shape index (κ3) is 4.12. The quantitative estimate of drug-likeness (QED) is 0.695. The van der Waals surface area contributed by atoms with Crippen molar-refractivity contribution in [2.24, 2.45) is 0 Å². The second-order valence-corrected chi connectivity index (χ2v) is 8.57. The highest BCUT2D eigenvalue weighted by atomic mass is 32.2. The van der Waals surface area contributed by atoms with Gasteiger partial charge in [0.15, 0.2) is 0 Å². The van der Waals surface area contributed by atoms with E-state index in [4.69, 9.17) is 4.74 Å². The Morgan fingerprint density at radius 3 is 2.46 bits per heavy atom. The first-order valence-corrected chi connectivity index (χ1v) is 10.4. The first-order valence-electron chi connectivity index (χ1n) is 8.05. The van der Waals surface area contributed by atoms with Gasteiger partial charge in [-0.3, -0.25) is 0 Å². The first kappa shape index (κ1) is 18.6. The Hall–Kier alpha value is -2.22. The molecule has 0 saturated carbocycles. The zero-order valence-corrected chi connectivity index (χ0v) is 16.4. The Labute approximate surface area is 157 Å². The van der Waals surface area contributed by atoms with Gasteiger partial charge in [0.05, 0.1) is 24.2 Å². The molecule has 0 bridgehead atoms. The van der Waals surface area contributed by atoms with Crippen LogP contribution in [0.2, 0.25) is 0 Å². The molecule has 0 aliphatic rings. The molecule has 0 aliphatic carbocycles. The molecule has 3 aromatic rings. The Bertz CT molecular complexity index is 1010. The summed E-state index contributed by atoms with van der Waals surface area (Å²) in [5.74, 6) is 0.784. The second kappa shape index (κ2) is 7.57. The molecule has 1 N–H and O–H groups in total. The van der Waals surface area contributed by atoms with E-state index in [9.17, 15) is 8.42 Å². The summed E-state index contributed by atoms with van der Waals surface area (Å²) in [4.78, 5) is 4.78. The molecule has 0 spiro atoms. The third-order valence-electron chi connectivity index (χ3n) is 4.12. The third-order valence-corrected chi connectivity index (χ3v) is 6.46. The van der Waals surface area contributed by atoms with E-state index in [1.54, 1.807) is 19.2 Å². The fourth-order valence-electron chi connectivity index (χ4n) is 2.39. The Morgan fingerprint density at radius 1 is 1.08 bits per heavy atom. The molecule has 3 rings (SSSR count). The number of hydrogen-bond donors (Lipinski definition) is 1. The lowest BCUT2D eigenvalue weighted by Gasteiger charge is -2.07. The van der Waals surface area contributed by atoms with Crippen LogP contribution in [0.25, 0.3) is 10.6 Å². The number of nitrogens with zero attached hydrogens (tertiary/aromatic N) is 1. The molecule has 0 aliphatic heterocycles. The molecule has 7 heteroatoms. The number of nitrogens with one attached hydrogen (secondary N) is 1. The lowest BCUT2D eigenvalue weighted by molar-refractivity contribution is 0.415. The zero-order chi connectivity index (χ0) is 18.7. The maximum absolute atomic E-state index is 12.5. The molecule has 0 radical (unpaired) electrons. The molecule has 0 saturated heterocycles. The van der Waals surface area contributed by atoms with Gasteiger partial charge < -0.3 is 4.74 Å². The summed E-state index contributed by atoms with van der Waals surface area (Å²) < 4.78 is 32.7. The van der Waals surface area contributed by atoms with E-state index >= 15 is 0 Å². The molecular formula is C19H20N2O3S2. The summed E-state index contributed by atoms with van der Waals surface area (Å²) in [6.07, 6.45) is 0. The number of ether oxygens (including phenoxy) is 1. The average molecular weight is 389 g/mol. The maximum atomic E-state index is 12.5. The minimum absolute atomic E-state index is 0.155. The number of hydrogen-bond acceptors (Lipinski definition) is 5. The van der Waals surface area contributed by atoms with Crippen molar-refractivity contribution in [3.05, 3.63) is 64.7 Å². The van der Waals surface area contributed by atoms with Crippen LogP contribution in [0.4, 0.5) is 0 Å². The van der Waals surface area contributed by atoms with Gasteiger partial charge >= 0.3 is 0 Å². The minimum Gasteiger partial charge on any atom is -0.497 e. The van der Waals surface area contributed by atoms with Gasteiger partial charge in [0.25, 0.3) is 0 Å². The van der Waals surface area contributed by atoms with E-state index in [0.29, 0.717) is 5.69 Å². The average Bonchev–Trinajstić information content (AvgIpc) is 3.11. The number of aryl methyl sites for hydroxylation is 2. The standard InChI is InChI=1S/C19H20N2O3S2/c1-13-4-9-18(10-14(13)2)26(22,23)20-11-16-12-25-19(21-16)15-5-7-17(24-3)8-6-15/h4-10,12,20H,11H2,1-3H3. The SMILES string of the molecule is COc1ccc(-c2nc(CNS(=O)(=O)c3ccc(C)c(C)c3)cs2)cc1. The summed E-state index contributed by atoms with van der Waals surface area (Å²) in [6.45, 7) is 4.01. The molecule has 0 unspecified atom stereocenters.